The third-order valence-corrected chi connectivity index (χ3v) is 3.11. The first-order chi connectivity index (χ1) is 10.2. The summed E-state index contributed by atoms with van der Waals surface area (Å²) in [7, 11) is 0. The zero-order chi connectivity index (χ0) is 14.7. The zero-order valence-electron chi connectivity index (χ0n) is 11.4. The van der Waals surface area contributed by atoms with Crippen molar-refractivity contribution in [3.05, 3.63) is 66.2 Å². The number of nitrogens with zero attached hydrogens (tertiary/aromatic N) is 4. The molecule has 3 rings (SSSR count). The van der Waals surface area contributed by atoms with E-state index in [1.165, 1.54) is 12.1 Å². The number of hydrogen-bond donors (Lipinski definition) is 1. The largest absolute Gasteiger partial charge is 0.375 e. The van der Waals surface area contributed by atoms with Crippen molar-refractivity contribution in [2.75, 3.05) is 5.32 Å². The number of para-hydroxylation sites is 1. The van der Waals surface area contributed by atoms with E-state index < -0.39 is 0 Å². The number of rotatable bonds is 4. The minimum Gasteiger partial charge on any atom is -0.375 e. The lowest BCUT2D eigenvalue weighted by atomic mass is 10.2. The highest BCUT2D eigenvalue weighted by molar-refractivity contribution is 5.44. The topological polar surface area (TPSA) is 55.6 Å². The van der Waals surface area contributed by atoms with Gasteiger partial charge in [-0.3, -0.25) is 0 Å². The quantitative estimate of drug-likeness (QED) is 0.799. The van der Waals surface area contributed by atoms with Crippen LogP contribution in [0.5, 0.6) is 0 Å². The molecule has 0 saturated carbocycles. The van der Waals surface area contributed by atoms with Crippen LogP contribution in [0.25, 0.3) is 5.69 Å². The Labute approximate surface area is 121 Å². The highest BCUT2D eigenvalue weighted by Crippen LogP contribution is 2.19. The Morgan fingerprint density at radius 2 is 1.76 bits per heavy atom. The van der Waals surface area contributed by atoms with Crippen LogP contribution in [0.2, 0.25) is 0 Å². The summed E-state index contributed by atoms with van der Waals surface area (Å²) >= 11 is 0. The fourth-order valence-electron chi connectivity index (χ4n) is 2.08. The second kappa shape index (κ2) is 5.70. The van der Waals surface area contributed by atoms with Gasteiger partial charge in [-0.05, 0) is 53.7 Å². The molecule has 106 valence electrons. The summed E-state index contributed by atoms with van der Waals surface area (Å²) in [6.45, 7) is 1.95. The Balaban J connectivity index is 1.84. The van der Waals surface area contributed by atoms with E-state index in [-0.39, 0.29) is 11.9 Å². The molecule has 5 nitrogen and oxygen atoms in total. The molecule has 6 heteroatoms. The summed E-state index contributed by atoms with van der Waals surface area (Å²) in [5, 5.41) is 15.1. The van der Waals surface area contributed by atoms with E-state index in [9.17, 15) is 4.39 Å². The summed E-state index contributed by atoms with van der Waals surface area (Å²) in [6.07, 6.45) is 0. The molecule has 0 unspecified atom stereocenters. The van der Waals surface area contributed by atoms with Crippen LogP contribution in [-0.2, 0) is 0 Å². The van der Waals surface area contributed by atoms with E-state index in [1.807, 2.05) is 37.3 Å². The van der Waals surface area contributed by atoms with E-state index in [4.69, 9.17) is 0 Å². The van der Waals surface area contributed by atoms with Gasteiger partial charge < -0.3 is 5.32 Å². The van der Waals surface area contributed by atoms with Gasteiger partial charge in [0.1, 0.15) is 5.82 Å². The first-order valence-corrected chi connectivity index (χ1v) is 6.60. The Hall–Kier alpha value is -2.76. The molecule has 0 fully saturated rings. The van der Waals surface area contributed by atoms with Crippen molar-refractivity contribution >= 4 is 5.69 Å². The standard InChI is InChI=1S/C15H14FN5/c1-11(17-13-9-7-12(16)8-10-13)15-18-19-20-21(15)14-5-3-2-4-6-14/h2-11,17H,1H3/t11-/m0/s1. The second-order valence-electron chi connectivity index (χ2n) is 4.66. The predicted molar refractivity (Wildman–Crippen MR) is 77.6 cm³/mol. The van der Waals surface area contributed by atoms with Gasteiger partial charge in [0.2, 0.25) is 0 Å². The number of hydrogen-bond acceptors (Lipinski definition) is 4. The number of nitrogens with one attached hydrogen (secondary N) is 1. The third-order valence-electron chi connectivity index (χ3n) is 3.11. The number of aromatic nitrogens is 4. The second-order valence-corrected chi connectivity index (χ2v) is 4.66. The molecule has 1 N–H and O–H groups in total. The third kappa shape index (κ3) is 2.89. The lowest BCUT2D eigenvalue weighted by Crippen LogP contribution is -2.13. The smallest absolute Gasteiger partial charge is 0.178 e. The molecule has 1 atom stereocenters. The van der Waals surface area contributed by atoms with Gasteiger partial charge in [-0.2, -0.15) is 4.68 Å². The molecule has 3 aromatic rings. The molecule has 0 spiro atoms. The molecule has 2 aromatic carbocycles. The summed E-state index contributed by atoms with van der Waals surface area (Å²) < 4.78 is 14.6. The van der Waals surface area contributed by atoms with Crippen molar-refractivity contribution in [1.82, 2.24) is 20.2 Å². The fraction of sp³-hybridized carbons (Fsp3) is 0.133. The van der Waals surface area contributed by atoms with Crippen LogP contribution >= 0.6 is 0 Å². The van der Waals surface area contributed by atoms with Gasteiger partial charge in [0.25, 0.3) is 0 Å². The van der Waals surface area contributed by atoms with Gasteiger partial charge in [0.15, 0.2) is 5.82 Å². The minimum absolute atomic E-state index is 0.120. The lowest BCUT2D eigenvalue weighted by molar-refractivity contribution is 0.627. The van der Waals surface area contributed by atoms with Crippen molar-refractivity contribution < 1.29 is 4.39 Å². The van der Waals surface area contributed by atoms with E-state index >= 15 is 0 Å². The maximum absolute atomic E-state index is 12.9. The Morgan fingerprint density at radius 1 is 1.05 bits per heavy atom. The SMILES string of the molecule is C[C@H](Nc1ccc(F)cc1)c1nnnn1-c1ccccc1. The Morgan fingerprint density at radius 3 is 2.48 bits per heavy atom. The molecule has 21 heavy (non-hydrogen) atoms. The Kier molecular flexibility index (Phi) is 3.59. The zero-order valence-corrected chi connectivity index (χ0v) is 11.4. The van der Waals surface area contributed by atoms with Crippen LogP contribution in [0.4, 0.5) is 10.1 Å². The first kappa shape index (κ1) is 13.2. The maximum Gasteiger partial charge on any atom is 0.178 e. The number of halogens is 1. The van der Waals surface area contributed by atoms with Crippen molar-refractivity contribution in [3.63, 3.8) is 0 Å². The first-order valence-electron chi connectivity index (χ1n) is 6.60. The highest BCUT2D eigenvalue weighted by atomic mass is 19.1. The number of benzene rings is 2. The molecule has 1 heterocycles. The molecule has 0 aliphatic carbocycles. The van der Waals surface area contributed by atoms with Crippen LogP contribution < -0.4 is 5.32 Å². The molecule has 0 amide bonds. The van der Waals surface area contributed by atoms with Crippen LogP contribution in [0, 0.1) is 5.82 Å². The molecule has 0 saturated heterocycles. The molecular weight excluding hydrogens is 269 g/mol. The monoisotopic (exact) mass is 283 g/mol. The van der Waals surface area contributed by atoms with E-state index in [0.717, 1.165) is 11.4 Å². The summed E-state index contributed by atoms with van der Waals surface area (Å²) in [5.41, 5.74) is 1.71. The maximum atomic E-state index is 12.9. The van der Waals surface area contributed by atoms with Gasteiger partial charge >= 0.3 is 0 Å². The van der Waals surface area contributed by atoms with Gasteiger partial charge in [-0.1, -0.05) is 18.2 Å². The van der Waals surface area contributed by atoms with Crippen LogP contribution in [0.15, 0.2) is 54.6 Å². The normalized spacial score (nSPS) is 12.1. The molecule has 0 radical (unpaired) electrons. The van der Waals surface area contributed by atoms with E-state index in [0.29, 0.717) is 5.82 Å². The van der Waals surface area contributed by atoms with E-state index in [1.54, 1.807) is 16.8 Å². The molecule has 0 aliphatic rings. The highest BCUT2D eigenvalue weighted by Gasteiger charge is 2.15. The van der Waals surface area contributed by atoms with Crippen LogP contribution in [-0.4, -0.2) is 20.2 Å². The van der Waals surface area contributed by atoms with Crippen LogP contribution in [0.1, 0.15) is 18.8 Å². The Bertz CT molecular complexity index is 708. The lowest BCUT2D eigenvalue weighted by Gasteiger charge is -2.14. The average molecular weight is 283 g/mol. The summed E-state index contributed by atoms with van der Waals surface area (Å²) in [5.74, 6) is 0.424. The van der Waals surface area contributed by atoms with Gasteiger partial charge in [0, 0.05) is 5.69 Å². The molecule has 1 aromatic heterocycles. The van der Waals surface area contributed by atoms with Crippen molar-refractivity contribution in [3.8, 4) is 5.69 Å². The van der Waals surface area contributed by atoms with Crippen molar-refractivity contribution in [2.24, 2.45) is 0 Å². The van der Waals surface area contributed by atoms with Gasteiger partial charge in [-0.15, -0.1) is 5.10 Å². The molecule has 0 bridgehead atoms. The molecular formula is C15H14FN5. The van der Waals surface area contributed by atoms with Crippen LogP contribution in [0.3, 0.4) is 0 Å². The fourth-order valence-corrected chi connectivity index (χ4v) is 2.08. The molecule has 0 aliphatic heterocycles. The predicted octanol–water partition coefficient (Wildman–Crippen LogP) is 2.97. The van der Waals surface area contributed by atoms with Gasteiger partial charge in [-0.25, -0.2) is 4.39 Å². The number of tetrazole rings is 1. The van der Waals surface area contributed by atoms with Gasteiger partial charge in [0.05, 0.1) is 11.7 Å². The van der Waals surface area contributed by atoms with E-state index in [2.05, 4.69) is 20.8 Å². The van der Waals surface area contributed by atoms with Crippen molar-refractivity contribution in [2.45, 2.75) is 13.0 Å². The summed E-state index contributed by atoms with van der Waals surface area (Å²) in [6, 6.07) is 15.7. The average Bonchev–Trinajstić information content (AvgIpc) is 3.00. The van der Waals surface area contributed by atoms with Crippen molar-refractivity contribution in [1.29, 1.82) is 0 Å². The minimum atomic E-state index is -0.262. The number of anilines is 1. The summed E-state index contributed by atoms with van der Waals surface area (Å²) in [4.78, 5) is 0.